The molecule has 0 spiro atoms. The van der Waals surface area contributed by atoms with Gasteiger partial charge in [-0.1, -0.05) is 5.92 Å². The molecule has 0 saturated carbocycles. The normalized spacial score (nSPS) is 15.5. The topological polar surface area (TPSA) is 96.7 Å². The summed E-state index contributed by atoms with van der Waals surface area (Å²) in [5.41, 5.74) is 1.49. The molecule has 0 bridgehead atoms. The molecule has 1 atom stereocenters. The van der Waals surface area contributed by atoms with Gasteiger partial charge in [-0.3, -0.25) is 14.3 Å². The monoisotopic (exact) mass is 492 g/mol. The Morgan fingerprint density at radius 1 is 1.34 bits per heavy atom. The van der Waals surface area contributed by atoms with Crippen LogP contribution in [0.25, 0.3) is 21.1 Å². The number of aliphatic hydroxyl groups excluding tert-OH is 1. The first-order valence-electron chi connectivity index (χ1n) is 10.9. The van der Waals surface area contributed by atoms with Gasteiger partial charge in [0, 0.05) is 36.4 Å². The van der Waals surface area contributed by atoms with Gasteiger partial charge in [-0.25, -0.2) is 9.18 Å². The molecule has 2 amide bonds. The summed E-state index contributed by atoms with van der Waals surface area (Å²) in [6, 6.07) is 7.48. The molecule has 0 unspecified atom stereocenters. The van der Waals surface area contributed by atoms with E-state index in [-0.39, 0.29) is 23.6 Å². The smallest absolute Gasteiger partial charge is 0.327 e. The van der Waals surface area contributed by atoms with E-state index in [0.29, 0.717) is 51.6 Å². The van der Waals surface area contributed by atoms with E-state index in [2.05, 4.69) is 16.2 Å². The first-order valence-corrected chi connectivity index (χ1v) is 11.7. The Hall–Kier alpha value is -3.94. The molecule has 0 aliphatic carbocycles. The summed E-state index contributed by atoms with van der Waals surface area (Å²) in [7, 11) is 0. The SMILES string of the molecule is C#CCNC(=O)n1c(C)cc2c(F)c(Oc3ccnc4cc(C(=O)N5CC[C@H](O)C5)sc34)ccc21. The fourth-order valence-electron chi connectivity index (χ4n) is 4.21. The zero-order valence-electron chi connectivity index (χ0n) is 18.7. The highest BCUT2D eigenvalue weighted by atomic mass is 32.1. The quantitative estimate of drug-likeness (QED) is 0.422. The molecular weight excluding hydrogens is 471 g/mol. The minimum atomic E-state index is -0.613. The van der Waals surface area contributed by atoms with E-state index in [1.807, 2.05) is 0 Å². The molecule has 10 heteroatoms. The average molecular weight is 493 g/mol. The standard InChI is InChI=1S/C25H21FN4O4S/c1-3-8-28-25(33)30-14(2)11-16-18(30)4-5-19(22(16)26)34-20-6-9-27-17-12-21(35-23(17)20)24(32)29-10-7-15(31)13-29/h1,4-6,9,11-12,15,31H,7-8,10,13H2,2H3,(H,28,33)/t15-/m0/s1. The van der Waals surface area contributed by atoms with Gasteiger partial charge in [0.1, 0.15) is 5.75 Å². The van der Waals surface area contributed by atoms with Crippen LogP contribution in [-0.4, -0.2) is 57.2 Å². The number of rotatable bonds is 4. The molecule has 1 aromatic carbocycles. The van der Waals surface area contributed by atoms with Crippen LogP contribution in [0.3, 0.4) is 0 Å². The summed E-state index contributed by atoms with van der Waals surface area (Å²) in [5, 5.41) is 12.6. The number of aryl methyl sites for hydroxylation is 1. The fourth-order valence-corrected chi connectivity index (χ4v) is 5.25. The van der Waals surface area contributed by atoms with Gasteiger partial charge >= 0.3 is 6.03 Å². The third kappa shape index (κ3) is 4.09. The number of carbonyl (C=O) groups is 2. The number of benzene rings is 1. The summed E-state index contributed by atoms with van der Waals surface area (Å²) < 4.78 is 23.3. The number of β-amino-alcohol motifs (C(OH)–C–C–N with tert-alkyl or cyclic N) is 1. The number of aliphatic hydroxyl groups is 1. The van der Waals surface area contributed by atoms with Crippen LogP contribution in [0.5, 0.6) is 11.5 Å². The van der Waals surface area contributed by atoms with E-state index in [9.17, 15) is 14.7 Å². The summed E-state index contributed by atoms with van der Waals surface area (Å²) in [6.07, 6.45) is 6.78. The van der Waals surface area contributed by atoms with Crippen LogP contribution in [0.2, 0.25) is 0 Å². The third-order valence-corrected chi connectivity index (χ3v) is 7.00. The maximum atomic E-state index is 15.4. The second-order valence-electron chi connectivity index (χ2n) is 8.22. The van der Waals surface area contributed by atoms with E-state index in [1.165, 1.54) is 28.2 Å². The minimum absolute atomic E-state index is 0.0184. The molecular formula is C25H21FN4O4S. The number of halogens is 1. The molecule has 4 aromatic rings. The van der Waals surface area contributed by atoms with Crippen molar-refractivity contribution in [3.63, 3.8) is 0 Å². The van der Waals surface area contributed by atoms with Gasteiger partial charge in [0.15, 0.2) is 11.6 Å². The van der Waals surface area contributed by atoms with Crippen molar-refractivity contribution in [3.05, 3.63) is 52.9 Å². The van der Waals surface area contributed by atoms with Crippen molar-refractivity contribution in [2.24, 2.45) is 0 Å². The van der Waals surface area contributed by atoms with Gasteiger partial charge in [-0.2, -0.15) is 0 Å². The minimum Gasteiger partial charge on any atom is -0.453 e. The fraction of sp³-hybridized carbons (Fsp3) is 0.240. The van der Waals surface area contributed by atoms with E-state index in [4.69, 9.17) is 11.2 Å². The lowest BCUT2D eigenvalue weighted by Crippen LogP contribution is -2.29. The maximum Gasteiger partial charge on any atom is 0.327 e. The van der Waals surface area contributed by atoms with Crippen molar-refractivity contribution in [2.75, 3.05) is 19.6 Å². The average Bonchev–Trinajstić information content (AvgIpc) is 3.55. The number of amides is 2. The second-order valence-corrected chi connectivity index (χ2v) is 9.28. The van der Waals surface area contributed by atoms with Crippen LogP contribution in [0, 0.1) is 25.1 Å². The molecule has 2 N–H and O–H groups in total. The van der Waals surface area contributed by atoms with Gasteiger partial charge in [-0.05, 0) is 37.6 Å². The number of aromatic nitrogens is 2. The van der Waals surface area contributed by atoms with Gasteiger partial charge in [0.05, 0.1) is 33.3 Å². The van der Waals surface area contributed by atoms with Crippen molar-refractivity contribution in [3.8, 4) is 23.8 Å². The summed E-state index contributed by atoms with van der Waals surface area (Å²) in [6.45, 7) is 2.56. The number of carbonyl (C=O) groups excluding carboxylic acids is 2. The van der Waals surface area contributed by atoms with Crippen LogP contribution < -0.4 is 10.1 Å². The second kappa shape index (κ2) is 9.02. The summed E-state index contributed by atoms with van der Waals surface area (Å²) in [4.78, 5) is 31.7. The number of hydrogen-bond donors (Lipinski definition) is 2. The zero-order valence-corrected chi connectivity index (χ0v) is 19.6. The molecule has 4 heterocycles. The van der Waals surface area contributed by atoms with Crippen molar-refractivity contribution < 1.29 is 23.8 Å². The Kier molecular flexibility index (Phi) is 5.88. The Balaban J connectivity index is 1.47. The van der Waals surface area contributed by atoms with Crippen LogP contribution in [-0.2, 0) is 0 Å². The van der Waals surface area contributed by atoms with E-state index >= 15 is 4.39 Å². The largest absolute Gasteiger partial charge is 0.453 e. The predicted molar refractivity (Wildman–Crippen MR) is 130 cm³/mol. The molecule has 1 fully saturated rings. The molecule has 35 heavy (non-hydrogen) atoms. The number of nitrogens with one attached hydrogen (secondary N) is 1. The summed E-state index contributed by atoms with van der Waals surface area (Å²) in [5.74, 6) is 1.89. The van der Waals surface area contributed by atoms with Crippen molar-refractivity contribution >= 4 is 44.4 Å². The van der Waals surface area contributed by atoms with Crippen LogP contribution in [0.4, 0.5) is 9.18 Å². The highest BCUT2D eigenvalue weighted by Gasteiger charge is 2.27. The number of terminal acetylenes is 1. The zero-order chi connectivity index (χ0) is 24.7. The van der Waals surface area contributed by atoms with Crippen molar-refractivity contribution in [2.45, 2.75) is 19.4 Å². The number of hydrogen-bond acceptors (Lipinski definition) is 6. The highest BCUT2D eigenvalue weighted by molar-refractivity contribution is 7.21. The molecule has 178 valence electrons. The molecule has 1 aliphatic rings. The van der Waals surface area contributed by atoms with Gasteiger partial charge in [0.25, 0.3) is 5.91 Å². The number of ether oxygens (including phenoxy) is 1. The Morgan fingerprint density at radius 3 is 2.91 bits per heavy atom. The van der Waals surface area contributed by atoms with E-state index in [1.54, 1.807) is 36.1 Å². The van der Waals surface area contributed by atoms with E-state index in [0.717, 1.165) is 0 Å². The van der Waals surface area contributed by atoms with Crippen LogP contribution in [0.1, 0.15) is 21.8 Å². The van der Waals surface area contributed by atoms with Crippen LogP contribution in [0.15, 0.2) is 36.5 Å². The highest BCUT2D eigenvalue weighted by Crippen LogP contribution is 2.38. The number of nitrogens with zero attached hydrogens (tertiary/aromatic N) is 3. The number of pyridine rings is 1. The summed E-state index contributed by atoms with van der Waals surface area (Å²) >= 11 is 1.21. The number of fused-ring (bicyclic) bond motifs is 2. The first-order chi connectivity index (χ1) is 16.9. The van der Waals surface area contributed by atoms with Crippen molar-refractivity contribution in [1.29, 1.82) is 0 Å². The lowest BCUT2D eigenvalue weighted by Gasteiger charge is -2.13. The Morgan fingerprint density at radius 2 is 2.17 bits per heavy atom. The third-order valence-electron chi connectivity index (χ3n) is 5.87. The predicted octanol–water partition coefficient (Wildman–Crippen LogP) is 3.89. The van der Waals surface area contributed by atoms with Gasteiger partial charge < -0.3 is 20.1 Å². The molecule has 5 rings (SSSR count). The van der Waals surface area contributed by atoms with Crippen LogP contribution >= 0.6 is 11.3 Å². The molecule has 8 nitrogen and oxygen atoms in total. The lowest BCUT2D eigenvalue weighted by molar-refractivity contribution is 0.0769. The van der Waals surface area contributed by atoms with Gasteiger partial charge in [-0.15, -0.1) is 17.8 Å². The molecule has 1 aliphatic heterocycles. The molecule has 0 radical (unpaired) electrons. The van der Waals surface area contributed by atoms with Crippen molar-refractivity contribution in [1.82, 2.24) is 19.8 Å². The van der Waals surface area contributed by atoms with E-state index < -0.39 is 18.0 Å². The van der Waals surface area contributed by atoms with Gasteiger partial charge in [0.2, 0.25) is 0 Å². The maximum absolute atomic E-state index is 15.4. The molecule has 1 saturated heterocycles. The molecule has 3 aromatic heterocycles. The first kappa shape index (κ1) is 22.8. The number of likely N-dealkylation sites (tertiary alicyclic amines) is 1. The number of thiophene rings is 1. The Bertz CT molecular complexity index is 1520. The lowest BCUT2D eigenvalue weighted by atomic mass is 10.2. The Labute approximate surface area is 203 Å².